The van der Waals surface area contributed by atoms with Crippen molar-refractivity contribution < 1.29 is 17.9 Å². The number of rotatable bonds is 8. The molecule has 0 atom stereocenters. The number of hydrogen-bond donors (Lipinski definition) is 2. The summed E-state index contributed by atoms with van der Waals surface area (Å²) in [6.45, 7) is 7.99. The SMILES string of the molecule is CCNC(=NCc1ccc(C)cc1OCC(F)(F)F)NCCc1c(C)nn(C)c1C.I. The fraction of sp³-hybridized carbons (Fsp3) is 0.524. The second-order valence-corrected chi connectivity index (χ2v) is 7.16. The number of nitrogens with one attached hydrogen (secondary N) is 2. The first-order chi connectivity index (χ1) is 14.1. The zero-order chi connectivity index (χ0) is 22.3. The van der Waals surface area contributed by atoms with Gasteiger partial charge >= 0.3 is 6.18 Å². The van der Waals surface area contributed by atoms with Crippen LogP contribution in [0, 0.1) is 20.8 Å². The summed E-state index contributed by atoms with van der Waals surface area (Å²) < 4.78 is 44.5. The Balaban J connectivity index is 0.00000480. The van der Waals surface area contributed by atoms with Crippen LogP contribution in [-0.2, 0) is 20.0 Å². The average Bonchev–Trinajstić information content (AvgIpc) is 2.90. The quantitative estimate of drug-likeness (QED) is 0.292. The molecule has 2 N–H and O–H groups in total. The van der Waals surface area contributed by atoms with E-state index < -0.39 is 12.8 Å². The van der Waals surface area contributed by atoms with Gasteiger partial charge in [0, 0.05) is 31.4 Å². The van der Waals surface area contributed by atoms with Crippen LogP contribution < -0.4 is 15.4 Å². The number of aryl methyl sites for hydroxylation is 3. The van der Waals surface area contributed by atoms with Gasteiger partial charge in [0.25, 0.3) is 0 Å². The fourth-order valence-corrected chi connectivity index (χ4v) is 3.08. The highest BCUT2D eigenvalue weighted by atomic mass is 127. The summed E-state index contributed by atoms with van der Waals surface area (Å²) in [5.74, 6) is 0.799. The van der Waals surface area contributed by atoms with E-state index in [2.05, 4.69) is 20.7 Å². The van der Waals surface area contributed by atoms with Crippen molar-refractivity contribution in [3.63, 3.8) is 0 Å². The minimum atomic E-state index is -4.39. The molecule has 174 valence electrons. The second-order valence-electron chi connectivity index (χ2n) is 7.16. The highest BCUT2D eigenvalue weighted by Crippen LogP contribution is 2.24. The average molecular weight is 553 g/mol. The lowest BCUT2D eigenvalue weighted by Gasteiger charge is -2.14. The normalized spacial score (nSPS) is 11.8. The first-order valence-electron chi connectivity index (χ1n) is 9.91. The smallest absolute Gasteiger partial charge is 0.422 e. The molecule has 1 aromatic carbocycles. The molecular weight excluding hydrogens is 522 g/mol. The maximum atomic E-state index is 12.5. The highest BCUT2D eigenvalue weighted by Gasteiger charge is 2.28. The van der Waals surface area contributed by atoms with Gasteiger partial charge in [-0.2, -0.15) is 18.3 Å². The minimum Gasteiger partial charge on any atom is -0.484 e. The van der Waals surface area contributed by atoms with Crippen molar-refractivity contribution in [1.82, 2.24) is 20.4 Å². The van der Waals surface area contributed by atoms with Gasteiger partial charge < -0.3 is 15.4 Å². The first-order valence-corrected chi connectivity index (χ1v) is 9.91. The van der Waals surface area contributed by atoms with Gasteiger partial charge in [-0.25, -0.2) is 4.99 Å². The maximum Gasteiger partial charge on any atom is 0.422 e. The summed E-state index contributed by atoms with van der Waals surface area (Å²) in [6.07, 6.45) is -3.59. The summed E-state index contributed by atoms with van der Waals surface area (Å²) in [4.78, 5) is 4.51. The van der Waals surface area contributed by atoms with Crippen LogP contribution in [0.4, 0.5) is 13.2 Å². The van der Waals surface area contributed by atoms with Gasteiger partial charge in [-0.3, -0.25) is 4.68 Å². The first kappa shape index (κ1) is 27.1. The monoisotopic (exact) mass is 553 g/mol. The Hall–Kier alpha value is -1.98. The molecule has 10 heteroatoms. The van der Waals surface area contributed by atoms with Crippen molar-refractivity contribution in [3.05, 3.63) is 46.3 Å². The Labute approximate surface area is 198 Å². The summed E-state index contributed by atoms with van der Waals surface area (Å²) in [5.41, 5.74) is 4.75. The Kier molecular flexibility index (Phi) is 10.6. The third-order valence-electron chi connectivity index (χ3n) is 4.69. The minimum absolute atomic E-state index is 0. The van der Waals surface area contributed by atoms with E-state index in [0.29, 0.717) is 24.6 Å². The number of ether oxygens (including phenoxy) is 1. The molecule has 1 aromatic heterocycles. The molecule has 0 saturated carbocycles. The predicted octanol–water partition coefficient (Wildman–Crippen LogP) is 4.20. The standard InChI is InChI=1S/C21H30F3N5O.HI/c1-6-25-20(26-10-9-18-15(3)28-29(5)16(18)4)27-12-17-8-7-14(2)11-19(17)30-13-21(22,23)24;/h7-8,11H,6,9-10,12-13H2,1-5H3,(H2,25,26,27);1H. The van der Waals surface area contributed by atoms with Crippen LogP contribution in [0.3, 0.4) is 0 Å². The molecule has 0 amide bonds. The summed E-state index contributed by atoms with van der Waals surface area (Å²) >= 11 is 0. The Morgan fingerprint density at radius 2 is 1.90 bits per heavy atom. The van der Waals surface area contributed by atoms with Crippen LogP contribution in [-0.4, -0.2) is 41.6 Å². The topological polar surface area (TPSA) is 63.5 Å². The van der Waals surface area contributed by atoms with Crippen LogP contribution in [0.2, 0.25) is 0 Å². The lowest BCUT2D eigenvalue weighted by atomic mass is 10.1. The van der Waals surface area contributed by atoms with E-state index in [4.69, 9.17) is 4.74 Å². The number of aliphatic imine (C=N–C) groups is 1. The molecule has 31 heavy (non-hydrogen) atoms. The molecule has 0 spiro atoms. The largest absolute Gasteiger partial charge is 0.484 e. The molecule has 0 aliphatic rings. The van der Waals surface area contributed by atoms with Gasteiger partial charge in [-0.05, 0) is 51.3 Å². The van der Waals surface area contributed by atoms with Crippen LogP contribution in [0.15, 0.2) is 23.2 Å². The van der Waals surface area contributed by atoms with Crippen molar-refractivity contribution >= 4 is 29.9 Å². The number of nitrogens with zero attached hydrogens (tertiary/aromatic N) is 3. The van der Waals surface area contributed by atoms with E-state index in [1.165, 1.54) is 5.56 Å². The molecule has 0 bridgehead atoms. The lowest BCUT2D eigenvalue weighted by Crippen LogP contribution is -2.38. The van der Waals surface area contributed by atoms with Gasteiger partial charge in [-0.15, -0.1) is 24.0 Å². The van der Waals surface area contributed by atoms with Gasteiger partial charge in [0.1, 0.15) is 5.75 Å². The maximum absolute atomic E-state index is 12.5. The molecule has 0 aliphatic heterocycles. The van der Waals surface area contributed by atoms with Crippen molar-refractivity contribution in [3.8, 4) is 5.75 Å². The summed E-state index contributed by atoms with van der Waals surface area (Å²) in [5, 5.41) is 10.9. The molecule has 0 unspecified atom stereocenters. The van der Waals surface area contributed by atoms with Crippen LogP contribution >= 0.6 is 24.0 Å². The number of aromatic nitrogens is 2. The highest BCUT2D eigenvalue weighted by molar-refractivity contribution is 14.0. The fourth-order valence-electron chi connectivity index (χ4n) is 3.08. The predicted molar refractivity (Wildman–Crippen MR) is 127 cm³/mol. The number of guanidine groups is 1. The molecule has 0 fully saturated rings. The van der Waals surface area contributed by atoms with E-state index in [9.17, 15) is 13.2 Å². The molecule has 0 radical (unpaired) electrons. The number of hydrogen-bond acceptors (Lipinski definition) is 3. The molecule has 6 nitrogen and oxygen atoms in total. The molecule has 1 heterocycles. The number of halogens is 4. The van der Waals surface area contributed by atoms with E-state index in [0.717, 1.165) is 23.4 Å². The van der Waals surface area contributed by atoms with Crippen molar-refractivity contribution in [2.45, 2.75) is 46.8 Å². The molecular formula is C21H31F3IN5O. The van der Waals surface area contributed by atoms with E-state index in [1.807, 2.05) is 45.5 Å². The molecule has 0 saturated heterocycles. The zero-order valence-corrected chi connectivity index (χ0v) is 20.9. The van der Waals surface area contributed by atoms with Crippen LogP contribution in [0.1, 0.15) is 35.0 Å². The summed E-state index contributed by atoms with van der Waals surface area (Å²) in [7, 11) is 1.92. The van der Waals surface area contributed by atoms with E-state index >= 15 is 0 Å². The third kappa shape index (κ3) is 8.58. The number of alkyl halides is 3. The van der Waals surface area contributed by atoms with Crippen molar-refractivity contribution in [1.29, 1.82) is 0 Å². The van der Waals surface area contributed by atoms with E-state index in [1.54, 1.807) is 12.1 Å². The van der Waals surface area contributed by atoms with Crippen molar-refractivity contribution in [2.75, 3.05) is 19.7 Å². The lowest BCUT2D eigenvalue weighted by molar-refractivity contribution is -0.153. The van der Waals surface area contributed by atoms with Gasteiger partial charge in [0.2, 0.25) is 0 Å². The Morgan fingerprint density at radius 1 is 1.19 bits per heavy atom. The summed E-state index contributed by atoms with van der Waals surface area (Å²) in [6, 6.07) is 5.18. The molecule has 0 aliphatic carbocycles. The second kappa shape index (κ2) is 12.2. The van der Waals surface area contributed by atoms with Gasteiger partial charge in [-0.1, -0.05) is 12.1 Å². The van der Waals surface area contributed by atoms with Gasteiger partial charge in [0.05, 0.1) is 12.2 Å². The Morgan fingerprint density at radius 3 is 2.48 bits per heavy atom. The van der Waals surface area contributed by atoms with Gasteiger partial charge in [0.15, 0.2) is 12.6 Å². The van der Waals surface area contributed by atoms with Crippen LogP contribution in [0.25, 0.3) is 0 Å². The zero-order valence-electron chi connectivity index (χ0n) is 18.6. The van der Waals surface area contributed by atoms with Crippen molar-refractivity contribution in [2.24, 2.45) is 12.0 Å². The van der Waals surface area contributed by atoms with E-state index in [-0.39, 0.29) is 36.3 Å². The molecule has 2 aromatic rings. The third-order valence-corrected chi connectivity index (χ3v) is 4.69. The number of benzene rings is 1. The van der Waals surface area contributed by atoms with Crippen LogP contribution in [0.5, 0.6) is 5.75 Å². The molecule has 2 rings (SSSR count). The Bertz CT molecular complexity index is 881.